The summed E-state index contributed by atoms with van der Waals surface area (Å²) in [5.41, 5.74) is 1.97. The van der Waals surface area contributed by atoms with Crippen LogP contribution in [0, 0.1) is 0 Å². The molecule has 0 saturated carbocycles. The van der Waals surface area contributed by atoms with Crippen LogP contribution in [-0.2, 0) is 6.54 Å². The Kier molecular flexibility index (Phi) is 5.12. The lowest BCUT2D eigenvalue weighted by Crippen LogP contribution is -2.13. The van der Waals surface area contributed by atoms with E-state index in [-0.39, 0.29) is 5.91 Å². The number of benzene rings is 1. The van der Waals surface area contributed by atoms with Crippen LogP contribution in [0.4, 0.5) is 11.6 Å². The fourth-order valence-electron chi connectivity index (χ4n) is 1.98. The first kappa shape index (κ1) is 16.1. The predicted octanol–water partition coefficient (Wildman–Crippen LogP) is 3.50. The van der Waals surface area contributed by atoms with E-state index >= 15 is 0 Å². The van der Waals surface area contributed by atoms with Gasteiger partial charge in [-0.05, 0) is 30.3 Å². The Hall–Kier alpha value is -2.80. The molecule has 2 N–H and O–H groups in total. The molecule has 1 aromatic carbocycles. The average molecular weight is 384 g/mol. The zero-order chi connectivity index (χ0) is 16.8. The van der Waals surface area contributed by atoms with E-state index in [9.17, 15) is 4.79 Å². The number of hydrogen-bond acceptors (Lipinski definition) is 5. The Morgan fingerprint density at radius 1 is 1.04 bits per heavy atom. The number of rotatable bonds is 5. The molecule has 0 radical (unpaired) electrons. The molecule has 0 fully saturated rings. The van der Waals surface area contributed by atoms with Crippen LogP contribution in [-0.4, -0.2) is 20.9 Å². The first-order valence-electron chi connectivity index (χ1n) is 7.23. The molecule has 2 aromatic heterocycles. The van der Waals surface area contributed by atoms with Crippen molar-refractivity contribution in [1.29, 1.82) is 0 Å². The van der Waals surface area contributed by atoms with Gasteiger partial charge in [-0.1, -0.05) is 28.1 Å². The standard InChI is InChI=1S/C17H14BrN5O/c18-13-4-3-6-14(8-13)23-16(24)12-9-20-17(21-10-12)22-11-15-5-1-2-7-19-15/h1-10H,11H2,(H,23,24)(H,20,21,22). The molecule has 120 valence electrons. The maximum Gasteiger partial charge on any atom is 0.258 e. The Labute approximate surface area is 147 Å². The van der Waals surface area contributed by atoms with Gasteiger partial charge in [0.2, 0.25) is 5.95 Å². The SMILES string of the molecule is O=C(Nc1cccc(Br)c1)c1cnc(NCc2ccccn2)nc1. The van der Waals surface area contributed by atoms with Crippen LogP contribution in [0.5, 0.6) is 0 Å². The van der Waals surface area contributed by atoms with Crippen molar-refractivity contribution in [3.63, 3.8) is 0 Å². The maximum absolute atomic E-state index is 12.2. The Balaban J connectivity index is 1.60. The quantitative estimate of drug-likeness (QED) is 0.704. The monoisotopic (exact) mass is 383 g/mol. The first-order valence-corrected chi connectivity index (χ1v) is 8.03. The van der Waals surface area contributed by atoms with Gasteiger partial charge in [0.05, 0.1) is 17.8 Å². The summed E-state index contributed by atoms with van der Waals surface area (Å²) >= 11 is 3.36. The third-order valence-electron chi connectivity index (χ3n) is 3.15. The van der Waals surface area contributed by atoms with Crippen LogP contribution in [0.3, 0.4) is 0 Å². The molecule has 0 aliphatic heterocycles. The largest absolute Gasteiger partial charge is 0.349 e. The molecule has 7 heteroatoms. The van der Waals surface area contributed by atoms with E-state index in [4.69, 9.17) is 0 Å². The lowest BCUT2D eigenvalue weighted by atomic mass is 10.3. The third kappa shape index (κ3) is 4.36. The van der Waals surface area contributed by atoms with Gasteiger partial charge in [0, 0.05) is 28.8 Å². The molecular formula is C17H14BrN5O. The van der Waals surface area contributed by atoms with E-state index in [1.54, 1.807) is 6.20 Å². The molecule has 1 amide bonds. The zero-order valence-corrected chi connectivity index (χ0v) is 14.2. The third-order valence-corrected chi connectivity index (χ3v) is 3.64. The zero-order valence-electron chi connectivity index (χ0n) is 12.6. The highest BCUT2D eigenvalue weighted by atomic mass is 79.9. The van der Waals surface area contributed by atoms with Crippen LogP contribution >= 0.6 is 15.9 Å². The summed E-state index contributed by atoms with van der Waals surface area (Å²) in [5.74, 6) is 0.184. The summed E-state index contributed by atoms with van der Waals surface area (Å²) in [5, 5.41) is 5.86. The number of carbonyl (C=O) groups excluding carboxylic acids is 1. The Morgan fingerprint density at radius 3 is 2.58 bits per heavy atom. The molecule has 0 saturated heterocycles. The average Bonchev–Trinajstić information content (AvgIpc) is 2.61. The van der Waals surface area contributed by atoms with Gasteiger partial charge < -0.3 is 10.6 Å². The number of aromatic nitrogens is 3. The van der Waals surface area contributed by atoms with Gasteiger partial charge in [-0.2, -0.15) is 0 Å². The first-order chi connectivity index (χ1) is 11.7. The van der Waals surface area contributed by atoms with Gasteiger partial charge >= 0.3 is 0 Å². The maximum atomic E-state index is 12.2. The second kappa shape index (κ2) is 7.65. The van der Waals surface area contributed by atoms with Crippen LogP contribution < -0.4 is 10.6 Å². The molecule has 0 spiro atoms. The van der Waals surface area contributed by atoms with Gasteiger partial charge in [0.25, 0.3) is 5.91 Å². The van der Waals surface area contributed by atoms with E-state index in [2.05, 4.69) is 41.5 Å². The number of halogens is 1. The molecule has 3 rings (SSSR count). The highest BCUT2D eigenvalue weighted by Gasteiger charge is 2.08. The lowest BCUT2D eigenvalue weighted by Gasteiger charge is -2.07. The molecule has 0 aliphatic carbocycles. The van der Waals surface area contributed by atoms with Gasteiger partial charge in [-0.25, -0.2) is 9.97 Å². The summed E-state index contributed by atoms with van der Waals surface area (Å²) in [4.78, 5) is 24.7. The Bertz CT molecular complexity index is 824. The van der Waals surface area contributed by atoms with Crippen LogP contribution in [0.2, 0.25) is 0 Å². The second-order valence-electron chi connectivity index (χ2n) is 4.93. The molecule has 24 heavy (non-hydrogen) atoms. The number of hydrogen-bond donors (Lipinski definition) is 2. The normalized spacial score (nSPS) is 10.2. The molecule has 3 aromatic rings. The number of nitrogens with one attached hydrogen (secondary N) is 2. The summed E-state index contributed by atoms with van der Waals surface area (Å²) in [6.45, 7) is 0.518. The van der Waals surface area contributed by atoms with Crippen molar-refractivity contribution < 1.29 is 4.79 Å². The minimum atomic E-state index is -0.260. The predicted molar refractivity (Wildman–Crippen MR) is 95.7 cm³/mol. The van der Waals surface area contributed by atoms with Crippen molar-refractivity contribution >= 4 is 33.5 Å². The number of anilines is 2. The highest BCUT2D eigenvalue weighted by molar-refractivity contribution is 9.10. The summed E-state index contributed by atoms with van der Waals surface area (Å²) in [6.07, 6.45) is 4.70. The number of pyridine rings is 1. The van der Waals surface area contributed by atoms with Crippen molar-refractivity contribution in [3.05, 3.63) is 76.8 Å². The van der Waals surface area contributed by atoms with E-state index in [1.807, 2.05) is 42.5 Å². The van der Waals surface area contributed by atoms with Gasteiger partial charge in [0.15, 0.2) is 0 Å². The van der Waals surface area contributed by atoms with E-state index < -0.39 is 0 Å². The molecule has 2 heterocycles. The van der Waals surface area contributed by atoms with Gasteiger partial charge in [0.1, 0.15) is 0 Å². The van der Waals surface area contributed by atoms with Crippen LogP contribution in [0.15, 0.2) is 65.5 Å². The van der Waals surface area contributed by atoms with E-state index in [0.717, 1.165) is 10.2 Å². The molecule has 0 atom stereocenters. The molecule has 0 bridgehead atoms. The minimum Gasteiger partial charge on any atom is -0.349 e. The van der Waals surface area contributed by atoms with Crippen molar-refractivity contribution in [3.8, 4) is 0 Å². The number of carbonyl (C=O) groups is 1. The summed E-state index contributed by atoms with van der Waals surface area (Å²) < 4.78 is 0.894. The van der Waals surface area contributed by atoms with Gasteiger partial charge in [-0.15, -0.1) is 0 Å². The number of nitrogens with zero attached hydrogens (tertiary/aromatic N) is 3. The van der Waals surface area contributed by atoms with Crippen molar-refractivity contribution in [1.82, 2.24) is 15.0 Å². The van der Waals surface area contributed by atoms with Crippen molar-refractivity contribution in [2.45, 2.75) is 6.54 Å². The van der Waals surface area contributed by atoms with Crippen LogP contribution in [0.1, 0.15) is 16.1 Å². The topological polar surface area (TPSA) is 79.8 Å². The van der Waals surface area contributed by atoms with Gasteiger partial charge in [-0.3, -0.25) is 9.78 Å². The van der Waals surface area contributed by atoms with E-state index in [0.29, 0.717) is 23.7 Å². The Morgan fingerprint density at radius 2 is 1.88 bits per heavy atom. The minimum absolute atomic E-state index is 0.260. The number of amides is 1. The fraction of sp³-hybridized carbons (Fsp3) is 0.0588. The molecule has 6 nitrogen and oxygen atoms in total. The molecule has 0 aliphatic rings. The lowest BCUT2D eigenvalue weighted by molar-refractivity contribution is 0.102. The molecular weight excluding hydrogens is 370 g/mol. The molecule has 0 unspecified atom stereocenters. The highest BCUT2D eigenvalue weighted by Crippen LogP contribution is 2.16. The summed E-state index contributed by atoms with van der Waals surface area (Å²) in [6, 6.07) is 13.1. The van der Waals surface area contributed by atoms with Crippen LogP contribution in [0.25, 0.3) is 0 Å². The van der Waals surface area contributed by atoms with E-state index in [1.165, 1.54) is 12.4 Å². The summed E-state index contributed by atoms with van der Waals surface area (Å²) in [7, 11) is 0. The van der Waals surface area contributed by atoms with Crippen molar-refractivity contribution in [2.24, 2.45) is 0 Å². The fourth-order valence-corrected chi connectivity index (χ4v) is 2.38. The van der Waals surface area contributed by atoms with Crippen molar-refractivity contribution in [2.75, 3.05) is 10.6 Å². The smallest absolute Gasteiger partial charge is 0.258 e. The second-order valence-corrected chi connectivity index (χ2v) is 5.85.